The number of ether oxygens (including phenoxy) is 1. The van der Waals surface area contributed by atoms with Crippen LogP contribution < -0.4 is 5.56 Å². The van der Waals surface area contributed by atoms with E-state index in [1.54, 1.807) is 42.3 Å². The molecule has 0 aliphatic heterocycles. The van der Waals surface area contributed by atoms with E-state index in [1.807, 2.05) is 59.2 Å². The minimum atomic E-state index is -0.247. The summed E-state index contributed by atoms with van der Waals surface area (Å²) in [4.78, 5) is 22.9. The molecule has 32 heavy (non-hydrogen) atoms. The van der Waals surface area contributed by atoms with Crippen LogP contribution in [0.25, 0.3) is 33.9 Å². The molecular weight excluding hydrogens is 424 g/mol. The zero-order valence-electron chi connectivity index (χ0n) is 17.3. The van der Waals surface area contributed by atoms with E-state index in [-0.39, 0.29) is 5.56 Å². The minimum absolute atomic E-state index is 0.247. The van der Waals surface area contributed by atoms with Crippen LogP contribution in [0.3, 0.4) is 0 Å². The first kappa shape index (κ1) is 20.2. The Labute approximate surface area is 189 Å². The van der Waals surface area contributed by atoms with Crippen molar-refractivity contribution in [3.8, 4) is 22.8 Å². The van der Waals surface area contributed by atoms with Crippen LogP contribution in [-0.2, 0) is 11.3 Å². The molecule has 0 amide bonds. The zero-order valence-corrected chi connectivity index (χ0v) is 18.0. The van der Waals surface area contributed by atoms with Gasteiger partial charge in [0.2, 0.25) is 0 Å². The molecule has 158 valence electrons. The van der Waals surface area contributed by atoms with Crippen LogP contribution in [0.2, 0.25) is 5.02 Å². The number of fused-ring (bicyclic) bond motifs is 1. The second-order valence-corrected chi connectivity index (χ2v) is 7.74. The standard InChI is InChI=1S/C25H19ClN4O2/c1-32-15-17-7-9-18(10-8-17)23-28-24-22(27-16-29(24)20-5-3-2-4-6-20)25(31)30(23)21-13-11-19(26)12-14-21/h2-14,16H,15H2,1H3. The van der Waals surface area contributed by atoms with Gasteiger partial charge in [0.05, 0.1) is 12.3 Å². The summed E-state index contributed by atoms with van der Waals surface area (Å²) >= 11 is 6.08. The number of benzene rings is 3. The lowest BCUT2D eigenvalue weighted by Gasteiger charge is -2.14. The molecule has 0 fully saturated rings. The third-order valence-corrected chi connectivity index (χ3v) is 5.47. The SMILES string of the molecule is COCc1ccc(-c2nc3c(ncn3-c3ccccc3)c(=O)n2-c2ccc(Cl)cc2)cc1. The van der Waals surface area contributed by atoms with Crippen molar-refractivity contribution in [1.82, 2.24) is 19.1 Å². The molecule has 0 saturated carbocycles. The molecule has 0 bridgehead atoms. The van der Waals surface area contributed by atoms with Gasteiger partial charge < -0.3 is 4.74 Å². The quantitative estimate of drug-likeness (QED) is 0.382. The lowest BCUT2D eigenvalue weighted by atomic mass is 10.1. The fourth-order valence-corrected chi connectivity index (χ4v) is 3.80. The van der Waals surface area contributed by atoms with Gasteiger partial charge in [-0.25, -0.2) is 9.97 Å². The third kappa shape index (κ3) is 3.60. The van der Waals surface area contributed by atoms with Gasteiger partial charge in [0.15, 0.2) is 11.2 Å². The highest BCUT2D eigenvalue weighted by molar-refractivity contribution is 6.30. The Hall–Kier alpha value is -3.74. The average molecular weight is 443 g/mol. The molecule has 7 heteroatoms. The fourth-order valence-electron chi connectivity index (χ4n) is 3.67. The van der Waals surface area contributed by atoms with Gasteiger partial charge >= 0.3 is 0 Å². The Morgan fingerprint density at radius 3 is 2.31 bits per heavy atom. The molecule has 0 aliphatic carbocycles. The van der Waals surface area contributed by atoms with Crippen molar-refractivity contribution < 1.29 is 4.74 Å². The van der Waals surface area contributed by atoms with Gasteiger partial charge in [-0.2, -0.15) is 0 Å². The number of nitrogens with zero attached hydrogens (tertiary/aromatic N) is 4. The normalized spacial score (nSPS) is 11.2. The van der Waals surface area contributed by atoms with E-state index in [4.69, 9.17) is 21.3 Å². The van der Waals surface area contributed by atoms with E-state index >= 15 is 0 Å². The molecule has 0 spiro atoms. The first-order chi connectivity index (χ1) is 15.7. The maximum Gasteiger partial charge on any atom is 0.286 e. The van der Waals surface area contributed by atoms with Gasteiger partial charge in [-0.05, 0) is 42.0 Å². The smallest absolute Gasteiger partial charge is 0.286 e. The van der Waals surface area contributed by atoms with Crippen LogP contribution in [0.1, 0.15) is 5.56 Å². The van der Waals surface area contributed by atoms with Crippen LogP contribution in [0.5, 0.6) is 0 Å². The van der Waals surface area contributed by atoms with Crippen molar-refractivity contribution in [3.05, 3.63) is 106 Å². The number of hydrogen-bond donors (Lipinski definition) is 0. The molecule has 0 atom stereocenters. The van der Waals surface area contributed by atoms with Crippen LogP contribution in [0, 0.1) is 0 Å². The van der Waals surface area contributed by atoms with Gasteiger partial charge in [0.1, 0.15) is 12.2 Å². The molecule has 0 aliphatic rings. The van der Waals surface area contributed by atoms with E-state index in [9.17, 15) is 4.79 Å². The van der Waals surface area contributed by atoms with Gasteiger partial charge in [0, 0.05) is 23.4 Å². The number of halogens is 1. The lowest BCUT2D eigenvalue weighted by molar-refractivity contribution is 0.185. The summed E-state index contributed by atoms with van der Waals surface area (Å²) in [6.07, 6.45) is 1.63. The summed E-state index contributed by atoms with van der Waals surface area (Å²) in [6, 6.07) is 24.6. The molecular formula is C25H19ClN4O2. The van der Waals surface area contributed by atoms with E-state index in [1.165, 1.54) is 0 Å². The van der Waals surface area contributed by atoms with Gasteiger partial charge in [0.25, 0.3) is 5.56 Å². The molecule has 0 N–H and O–H groups in total. The van der Waals surface area contributed by atoms with Crippen molar-refractivity contribution in [2.45, 2.75) is 6.61 Å². The minimum Gasteiger partial charge on any atom is -0.380 e. The van der Waals surface area contributed by atoms with Gasteiger partial charge in [-0.15, -0.1) is 0 Å². The van der Waals surface area contributed by atoms with E-state index in [0.29, 0.717) is 34.3 Å². The maximum absolute atomic E-state index is 13.6. The van der Waals surface area contributed by atoms with Crippen molar-refractivity contribution in [3.63, 3.8) is 0 Å². The zero-order chi connectivity index (χ0) is 22.1. The number of aromatic nitrogens is 4. The predicted molar refractivity (Wildman–Crippen MR) is 126 cm³/mol. The summed E-state index contributed by atoms with van der Waals surface area (Å²) < 4.78 is 8.61. The molecule has 6 nitrogen and oxygen atoms in total. The second kappa shape index (κ2) is 8.42. The Bertz CT molecular complexity index is 1440. The topological polar surface area (TPSA) is 61.9 Å². The molecule has 3 aromatic carbocycles. The van der Waals surface area contributed by atoms with Crippen LogP contribution >= 0.6 is 11.6 Å². The fraction of sp³-hybridized carbons (Fsp3) is 0.0800. The second-order valence-electron chi connectivity index (χ2n) is 7.30. The highest BCUT2D eigenvalue weighted by Gasteiger charge is 2.18. The highest BCUT2D eigenvalue weighted by Crippen LogP contribution is 2.24. The van der Waals surface area contributed by atoms with Crippen molar-refractivity contribution in [2.24, 2.45) is 0 Å². The first-order valence-electron chi connectivity index (χ1n) is 10.1. The van der Waals surface area contributed by atoms with Crippen molar-refractivity contribution in [1.29, 1.82) is 0 Å². The Morgan fingerprint density at radius 1 is 0.906 bits per heavy atom. The predicted octanol–water partition coefficient (Wildman–Crippen LogP) is 5.04. The maximum atomic E-state index is 13.6. The molecule has 2 aromatic heterocycles. The van der Waals surface area contributed by atoms with Crippen LogP contribution in [0.15, 0.2) is 90.0 Å². The highest BCUT2D eigenvalue weighted by atomic mass is 35.5. The molecule has 2 heterocycles. The van der Waals surface area contributed by atoms with E-state index in [0.717, 1.165) is 16.8 Å². The molecule has 5 aromatic rings. The molecule has 0 radical (unpaired) electrons. The first-order valence-corrected chi connectivity index (χ1v) is 10.4. The molecule has 0 saturated heterocycles. The number of methoxy groups -OCH3 is 1. The summed E-state index contributed by atoms with van der Waals surface area (Å²) in [5.41, 5.74) is 3.94. The number of para-hydroxylation sites is 1. The summed E-state index contributed by atoms with van der Waals surface area (Å²) in [5, 5.41) is 0.592. The largest absolute Gasteiger partial charge is 0.380 e. The van der Waals surface area contributed by atoms with E-state index in [2.05, 4.69) is 4.98 Å². The summed E-state index contributed by atoms with van der Waals surface area (Å²) in [5.74, 6) is 0.520. The lowest BCUT2D eigenvalue weighted by Crippen LogP contribution is -2.22. The number of hydrogen-bond acceptors (Lipinski definition) is 4. The average Bonchev–Trinajstić information content (AvgIpc) is 3.26. The Morgan fingerprint density at radius 2 is 1.62 bits per heavy atom. The van der Waals surface area contributed by atoms with Crippen molar-refractivity contribution >= 4 is 22.8 Å². The van der Waals surface area contributed by atoms with Crippen LogP contribution in [0.4, 0.5) is 0 Å². The van der Waals surface area contributed by atoms with Crippen molar-refractivity contribution in [2.75, 3.05) is 7.11 Å². The molecule has 5 rings (SSSR count). The summed E-state index contributed by atoms with van der Waals surface area (Å²) in [7, 11) is 1.66. The van der Waals surface area contributed by atoms with Gasteiger partial charge in [-0.3, -0.25) is 13.9 Å². The van der Waals surface area contributed by atoms with Crippen LogP contribution in [-0.4, -0.2) is 26.2 Å². The monoisotopic (exact) mass is 442 g/mol. The number of rotatable bonds is 5. The third-order valence-electron chi connectivity index (χ3n) is 5.21. The number of imidazole rings is 1. The van der Waals surface area contributed by atoms with E-state index < -0.39 is 0 Å². The molecule has 0 unspecified atom stereocenters. The van der Waals surface area contributed by atoms with Gasteiger partial charge in [-0.1, -0.05) is 54.1 Å². The Kier molecular flexibility index (Phi) is 5.31. The Balaban J connectivity index is 1.79. The summed E-state index contributed by atoms with van der Waals surface area (Å²) in [6.45, 7) is 0.511.